The van der Waals surface area contributed by atoms with Gasteiger partial charge in [0.2, 0.25) is 0 Å². The average Bonchev–Trinajstić information content (AvgIpc) is 2.93. The van der Waals surface area contributed by atoms with Crippen molar-refractivity contribution in [3.8, 4) is 0 Å². The Morgan fingerprint density at radius 1 is 1.14 bits per heavy atom. The smallest absolute Gasteiger partial charge is 0.345 e. The van der Waals surface area contributed by atoms with Crippen LogP contribution in [0.3, 0.4) is 0 Å². The number of thiophene rings is 1. The second-order valence-electron chi connectivity index (χ2n) is 5.61. The van der Waals surface area contributed by atoms with Gasteiger partial charge in [-0.3, -0.25) is 14.9 Å². The number of carbonyl (C=O) groups is 3. The molecule has 1 N–H and O–H groups in total. The number of nitro groups is 1. The Balaban J connectivity index is 2.08. The van der Waals surface area contributed by atoms with Crippen LogP contribution >= 0.6 is 11.3 Å². The van der Waals surface area contributed by atoms with E-state index in [9.17, 15) is 24.5 Å². The molecule has 0 fully saturated rings. The van der Waals surface area contributed by atoms with Crippen molar-refractivity contribution in [2.45, 2.75) is 20.8 Å². The molecule has 0 aliphatic heterocycles. The molecular formula is C18H18N2O7S. The van der Waals surface area contributed by atoms with E-state index in [4.69, 9.17) is 9.47 Å². The Morgan fingerprint density at radius 3 is 2.46 bits per heavy atom. The fourth-order valence-corrected chi connectivity index (χ4v) is 3.41. The molecule has 0 saturated heterocycles. The predicted molar refractivity (Wildman–Crippen MR) is 102 cm³/mol. The lowest BCUT2D eigenvalue weighted by molar-refractivity contribution is -0.385. The minimum absolute atomic E-state index is 0.189. The standard InChI is InChI=1S/C18H18N2O7S/c1-4-26-18(23)15-10(2)11(3)28-16(15)19-14(21)9-27-17(22)12-7-5-6-8-13(12)20(24)25/h5-8H,4,9H2,1-3H3,(H,19,21). The Labute approximate surface area is 164 Å². The van der Waals surface area contributed by atoms with Crippen LogP contribution in [0.4, 0.5) is 10.7 Å². The van der Waals surface area contributed by atoms with Gasteiger partial charge in [0.25, 0.3) is 11.6 Å². The van der Waals surface area contributed by atoms with E-state index in [1.807, 2.05) is 0 Å². The number of anilines is 1. The van der Waals surface area contributed by atoms with Crippen molar-refractivity contribution in [1.82, 2.24) is 0 Å². The maximum absolute atomic E-state index is 12.2. The number of carbonyl (C=O) groups excluding carboxylic acids is 3. The Morgan fingerprint density at radius 2 is 1.82 bits per heavy atom. The Hall–Kier alpha value is -3.27. The van der Waals surface area contributed by atoms with Gasteiger partial charge in [-0.2, -0.15) is 0 Å². The summed E-state index contributed by atoms with van der Waals surface area (Å²) in [7, 11) is 0. The summed E-state index contributed by atoms with van der Waals surface area (Å²) in [6.07, 6.45) is 0. The predicted octanol–water partition coefficient (Wildman–Crippen LogP) is 3.25. The summed E-state index contributed by atoms with van der Waals surface area (Å²) < 4.78 is 9.87. The number of hydrogen-bond acceptors (Lipinski definition) is 8. The van der Waals surface area contributed by atoms with Gasteiger partial charge in [-0.25, -0.2) is 9.59 Å². The first-order chi connectivity index (χ1) is 13.3. The highest BCUT2D eigenvalue weighted by atomic mass is 32.1. The van der Waals surface area contributed by atoms with Gasteiger partial charge in [0.15, 0.2) is 6.61 Å². The van der Waals surface area contributed by atoms with Crippen LogP contribution in [-0.4, -0.2) is 36.0 Å². The number of benzene rings is 1. The van der Waals surface area contributed by atoms with Crippen molar-refractivity contribution in [3.05, 3.63) is 55.9 Å². The first kappa shape index (κ1) is 21.0. The van der Waals surface area contributed by atoms with Crippen molar-refractivity contribution in [3.63, 3.8) is 0 Å². The van der Waals surface area contributed by atoms with Crippen molar-refractivity contribution in [1.29, 1.82) is 0 Å². The Bertz CT molecular complexity index is 936. The lowest BCUT2D eigenvalue weighted by Gasteiger charge is -2.08. The number of aryl methyl sites for hydroxylation is 1. The molecular weight excluding hydrogens is 388 g/mol. The molecule has 148 valence electrons. The van der Waals surface area contributed by atoms with Crippen LogP contribution in [0.15, 0.2) is 24.3 Å². The monoisotopic (exact) mass is 406 g/mol. The van der Waals surface area contributed by atoms with E-state index >= 15 is 0 Å². The highest BCUT2D eigenvalue weighted by Gasteiger charge is 2.24. The highest BCUT2D eigenvalue weighted by Crippen LogP contribution is 2.33. The average molecular weight is 406 g/mol. The van der Waals surface area contributed by atoms with E-state index in [1.165, 1.54) is 35.6 Å². The third kappa shape index (κ3) is 4.71. The number of nitro benzene ring substituents is 1. The van der Waals surface area contributed by atoms with Gasteiger partial charge in [0, 0.05) is 10.9 Å². The quantitative estimate of drug-likeness (QED) is 0.425. The molecule has 28 heavy (non-hydrogen) atoms. The molecule has 0 spiro atoms. The largest absolute Gasteiger partial charge is 0.462 e. The van der Waals surface area contributed by atoms with Gasteiger partial charge in [-0.15, -0.1) is 11.3 Å². The number of nitrogens with zero attached hydrogens (tertiary/aromatic N) is 1. The van der Waals surface area contributed by atoms with Gasteiger partial charge in [-0.05, 0) is 32.4 Å². The summed E-state index contributed by atoms with van der Waals surface area (Å²) in [5.41, 5.74) is 0.274. The number of nitrogens with one attached hydrogen (secondary N) is 1. The summed E-state index contributed by atoms with van der Waals surface area (Å²) in [6, 6.07) is 5.27. The molecule has 0 aliphatic rings. The normalized spacial score (nSPS) is 10.2. The first-order valence-electron chi connectivity index (χ1n) is 8.23. The zero-order chi connectivity index (χ0) is 20.8. The van der Waals surface area contributed by atoms with Crippen LogP contribution in [0.1, 0.15) is 38.1 Å². The molecule has 2 aromatic rings. The molecule has 0 saturated carbocycles. The molecule has 1 aromatic heterocycles. The van der Waals surface area contributed by atoms with E-state index in [2.05, 4.69) is 5.32 Å². The van der Waals surface area contributed by atoms with Gasteiger partial charge >= 0.3 is 11.9 Å². The summed E-state index contributed by atoms with van der Waals surface area (Å²) in [5, 5.41) is 13.8. The molecule has 0 atom stereocenters. The summed E-state index contributed by atoms with van der Waals surface area (Å²) >= 11 is 1.20. The fourth-order valence-electron chi connectivity index (χ4n) is 2.34. The van der Waals surface area contributed by atoms with Crippen LogP contribution in [0.2, 0.25) is 0 Å². The minimum Gasteiger partial charge on any atom is -0.462 e. The lowest BCUT2D eigenvalue weighted by atomic mass is 10.1. The molecule has 10 heteroatoms. The van der Waals surface area contributed by atoms with Crippen molar-refractivity contribution < 1.29 is 28.8 Å². The van der Waals surface area contributed by atoms with E-state index in [0.717, 1.165) is 4.88 Å². The Kier molecular flexibility index (Phi) is 6.83. The zero-order valence-electron chi connectivity index (χ0n) is 15.4. The number of para-hydroxylation sites is 1. The van der Waals surface area contributed by atoms with Crippen LogP contribution in [0.5, 0.6) is 0 Å². The summed E-state index contributed by atoms with van der Waals surface area (Å²) in [4.78, 5) is 47.4. The molecule has 1 heterocycles. The summed E-state index contributed by atoms with van der Waals surface area (Å²) in [5.74, 6) is -2.23. The SMILES string of the molecule is CCOC(=O)c1c(NC(=O)COC(=O)c2ccccc2[N+](=O)[O-])sc(C)c1C. The number of ether oxygens (including phenoxy) is 2. The second-order valence-corrected chi connectivity index (χ2v) is 6.83. The van der Waals surface area contributed by atoms with E-state index < -0.39 is 35.1 Å². The molecule has 0 radical (unpaired) electrons. The number of esters is 2. The first-order valence-corrected chi connectivity index (χ1v) is 9.05. The zero-order valence-corrected chi connectivity index (χ0v) is 16.3. The molecule has 2 rings (SSSR count). The third-order valence-corrected chi connectivity index (χ3v) is 4.90. The molecule has 9 nitrogen and oxygen atoms in total. The maximum atomic E-state index is 12.2. The van der Waals surface area contributed by atoms with Crippen molar-refractivity contribution in [2.24, 2.45) is 0 Å². The second kappa shape index (κ2) is 9.09. The van der Waals surface area contributed by atoms with Crippen molar-refractivity contribution >= 4 is 39.9 Å². The fraction of sp³-hybridized carbons (Fsp3) is 0.278. The van der Waals surface area contributed by atoms with Gasteiger partial charge in [0.1, 0.15) is 10.6 Å². The number of rotatable bonds is 7. The summed E-state index contributed by atoms with van der Waals surface area (Å²) in [6.45, 7) is 4.74. The topological polar surface area (TPSA) is 125 Å². The van der Waals surface area contributed by atoms with Crippen molar-refractivity contribution in [2.75, 3.05) is 18.5 Å². The van der Waals surface area contributed by atoms with Gasteiger partial charge < -0.3 is 14.8 Å². The van der Waals surface area contributed by atoms with Crippen LogP contribution in [-0.2, 0) is 14.3 Å². The minimum atomic E-state index is -0.994. The van der Waals surface area contributed by atoms with Crippen LogP contribution in [0, 0.1) is 24.0 Å². The molecule has 0 aliphatic carbocycles. The van der Waals surface area contributed by atoms with Gasteiger partial charge in [0.05, 0.1) is 17.1 Å². The van der Waals surface area contributed by atoms with E-state index in [1.54, 1.807) is 20.8 Å². The van der Waals surface area contributed by atoms with Crippen LogP contribution < -0.4 is 5.32 Å². The number of hydrogen-bond donors (Lipinski definition) is 1. The lowest BCUT2D eigenvalue weighted by Crippen LogP contribution is -2.22. The highest BCUT2D eigenvalue weighted by molar-refractivity contribution is 7.16. The molecule has 1 amide bonds. The maximum Gasteiger partial charge on any atom is 0.345 e. The van der Waals surface area contributed by atoms with Gasteiger partial charge in [-0.1, -0.05) is 12.1 Å². The van der Waals surface area contributed by atoms with E-state index in [0.29, 0.717) is 10.6 Å². The van der Waals surface area contributed by atoms with E-state index in [-0.39, 0.29) is 17.7 Å². The molecule has 1 aromatic carbocycles. The third-order valence-electron chi connectivity index (χ3n) is 3.77. The number of amides is 1. The van der Waals surface area contributed by atoms with Crippen LogP contribution in [0.25, 0.3) is 0 Å². The molecule has 0 unspecified atom stereocenters. The molecule has 0 bridgehead atoms.